The van der Waals surface area contributed by atoms with Crippen LogP contribution in [0.15, 0.2) is 29.2 Å². The molecule has 0 N–H and O–H groups in total. The van der Waals surface area contributed by atoms with Gasteiger partial charge in [0.05, 0.1) is 15.5 Å². The predicted molar refractivity (Wildman–Crippen MR) is 105 cm³/mol. The molecule has 0 unspecified atom stereocenters. The molecule has 4 nitrogen and oxygen atoms in total. The number of hydrogen-bond acceptors (Lipinski definition) is 4. The van der Waals surface area contributed by atoms with E-state index in [2.05, 4.69) is 13.8 Å². The van der Waals surface area contributed by atoms with E-state index in [4.69, 9.17) is 11.6 Å². The molecule has 1 amide bonds. The molecule has 0 bridgehead atoms. The summed E-state index contributed by atoms with van der Waals surface area (Å²) in [5.74, 6) is -0.0677. The summed E-state index contributed by atoms with van der Waals surface area (Å²) in [5.41, 5.74) is 1.37. The van der Waals surface area contributed by atoms with Crippen molar-refractivity contribution in [2.24, 2.45) is 0 Å². The summed E-state index contributed by atoms with van der Waals surface area (Å²) in [6.45, 7) is 4.17. The van der Waals surface area contributed by atoms with Crippen LogP contribution in [-0.2, 0) is 15.6 Å². The van der Waals surface area contributed by atoms with E-state index in [1.807, 2.05) is 4.90 Å². The molecule has 0 saturated carbocycles. The molecule has 3 heterocycles. The minimum Gasteiger partial charge on any atom is -0.333 e. The second kappa shape index (κ2) is 6.36. The normalized spacial score (nSPS) is 24.0. The molecular weight excluding hydrogens is 390 g/mol. The summed E-state index contributed by atoms with van der Waals surface area (Å²) in [7, 11) is -3.44. The summed E-state index contributed by atoms with van der Waals surface area (Å²) in [5, 5.41) is 0.402. The van der Waals surface area contributed by atoms with Crippen molar-refractivity contribution in [1.29, 1.82) is 0 Å². The van der Waals surface area contributed by atoms with Gasteiger partial charge in [0.25, 0.3) is 5.91 Å². The van der Waals surface area contributed by atoms with Crippen LogP contribution in [0.2, 0.25) is 5.02 Å². The smallest absolute Gasteiger partial charge is 0.264 e. The molecule has 2 atom stereocenters. The lowest BCUT2D eigenvalue weighted by atomic mass is 9.97. The first-order valence-electron chi connectivity index (χ1n) is 8.76. The monoisotopic (exact) mass is 409 g/mol. The Morgan fingerprint density at radius 2 is 1.88 bits per heavy atom. The first-order valence-corrected chi connectivity index (χ1v) is 11.6. The number of sulfone groups is 1. The number of nitrogens with zero attached hydrogens (tertiary/aromatic N) is 1. The fraction of sp³-hybridized carbons (Fsp3) is 0.421. The zero-order valence-corrected chi connectivity index (χ0v) is 17.0. The highest BCUT2D eigenvalue weighted by molar-refractivity contribution is 7.91. The first-order chi connectivity index (χ1) is 12.3. The Morgan fingerprint density at radius 3 is 2.58 bits per heavy atom. The van der Waals surface area contributed by atoms with Crippen molar-refractivity contribution in [3.63, 3.8) is 0 Å². The molecular formula is C19H20ClNO3S2. The highest BCUT2D eigenvalue weighted by Crippen LogP contribution is 2.44. The van der Waals surface area contributed by atoms with Crippen molar-refractivity contribution < 1.29 is 13.2 Å². The summed E-state index contributed by atoms with van der Waals surface area (Å²) >= 11 is 7.39. The van der Waals surface area contributed by atoms with Crippen molar-refractivity contribution in [3.05, 3.63) is 39.7 Å². The summed E-state index contributed by atoms with van der Waals surface area (Å²) in [4.78, 5) is 16.8. The average Bonchev–Trinajstić information content (AvgIpc) is 2.97. The van der Waals surface area contributed by atoms with E-state index in [1.165, 1.54) is 17.4 Å². The molecule has 0 radical (unpaired) electrons. The molecule has 1 aromatic carbocycles. The molecule has 1 aromatic heterocycles. The van der Waals surface area contributed by atoms with Crippen LogP contribution in [0.25, 0.3) is 10.4 Å². The highest BCUT2D eigenvalue weighted by Gasteiger charge is 2.34. The third-order valence-corrected chi connectivity index (χ3v) is 8.45. The van der Waals surface area contributed by atoms with Crippen LogP contribution < -0.4 is 0 Å². The molecule has 2 aliphatic heterocycles. The molecule has 0 aliphatic carbocycles. The van der Waals surface area contributed by atoms with Gasteiger partial charge in [0, 0.05) is 27.5 Å². The third-order valence-electron chi connectivity index (χ3n) is 5.32. The van der Waals surface area contributed by atoms with Gasteiger partial charge in [-0.1, -0.05) is 17.7 Å². The van der Waals surface area contributed by atoms with Crippen molar-refractivity contribution in [2.45, 2.75) is 55.8 Å². The van der Waals surface area contributed by atoms with Crippen LogP contribution in [0.1, 0.15) is 48.3 Å². The van der Waals surface area contributed by atoms with Crippen molar-refractivity contribution in [3.8, 4) is 10.4 Å². The number of likely N-dealkylation sites (tertiary alicyclic amines) is 1. The number of carbonyl (C=O) groups is 1. The van der Waals surface area contributed by atoms with Gasteiger partial charge in [0.1, 0.15) is 0 Å². The van der Waals surface area contributed by atoms with Gasteiger partial charge in [0.15, 0.2) is 9.84 Å². The Hall–Kier alpha value is -1.37. The van der Waals surface area contributed by atoms with E-state index >= 15 is 0 Å². The summed E-state index contributed by atoms with van der Waals surface area (Å²) in [6, 6.07) is 7.13. The number of carbonyl (C=O) groups excluding carboxylic acids is 1. The Balaban J connectivity index is 1.78. The van der Waals surface area contributed by atoms with Crippen LogP contribution >= 0.6 is 22.9 Å². The summed E-state index contributed by atoms with van der Waals surface area (Å²) in [6.07, 6.45) is 3.16. The molecule has 1 saturated heterocycles. The number of hydrogen-bond donors (Lipinski definition) is 0. The Bertz CT molecular complexity index is 986. The van der Waals surface area contributed by atoms with Crippen LogP contribution in [-0.4, -0.2) is 31.3 Å². The number of benzene rings is 1. The average molecular weight is 410 g/mol. The van der Waals surface area contributed by atoms with E-state index in [0.717, 1.165) is 24.1 Å². The standard InChI is InChI=1S/C19H20ClNO3S2/c1-11-4-3-5-12(2)21(11)19(22)16-8-13-10-26(23,24)17-9-14(20)6-7-15(17)18(13)25-16/h6-9,11-12H,3-5,10H2,1-2H3/t11-,12-/m0/s1. The fourth-order valence-corrected chi connectivity index (χ4v) is 7.20. The third kappa shape index (κ3) is 2.88. The van der Waals surface area contributed by atoms with Gasteiger partial charge < -0.3 is 4.90 Å². The van der Waals surface area contributed by atoms with Gasteiger partial charge >= 0.3 is 0 Å². The van der Waals surface area contributed by atoms with Crippen molar-refractivity contribution >= 4 is 38.7 Å². The van der Waals surface area contributed by atoms with Gasteiger partial charge in [-0.3, -0.25) is 4.79 Å². The number of amides is 1. The Kier molecular flexibility index (Phi) is 4.40. The lowest BCUT2D eigenvalue weighted by Gasteiger charge is -2.38. The second-order valence-electron chi connectivity index (χ2n) is 7.21. The quantitative estimate of drug-likeness (QED) is 0.682. The zero-order chi connectivity index (χ0) is 18.6. The number of fused-ring (bicyclic) bond motifs is 3. The van der Waals surface area contributed by atoms with Gasteiger partial charge in [-0.2, -0.15) is 0 Å². The maximum atomic E-state index is 13.1. The molecule has 138 valence electrons. The van der Waals surface area contributed by atoms with E-state index in [1.54, 1.807) is 18.2 Å². The van der Waals surface area contributed by atoms with Crippen molar-refractivity contribution in [2.75, 3.05) is 0 Å². The SMILES string of the molecule is C[C@H]1CCC[C@H](C)N1C(=O)c1cc2c(s1)-c1ccc(Cl)cc1S(=O)(=O)C2. The molecule has 4 rings (SSSR count). The largest absolute Gasteiger partial charge is 0.333 e. The number of thiophene rings is 1. The maximum absolute atomic E-state index is 13.1. The number of halogens is 1. The topological polar surface area (TPSA) is 54.5 Å². The Labute approximate surface area is 162 Å². The van der Waals surface area contributed by atoms with Gasteiger partial charge in [0.2, 0.25) is 0 Å². The molecule has 1 fully saturated rings. The predicted octanol–water partition coefficient (Wildman–Crippen LogP) is 4.76. The number of rotatable bonds is 1. The van der Waals surface area contributed by atoms with E-state index in [9.17, 15) is 13.2 Å². The summed E-state index contributed by atoms with van der Waals surface area (Å²) < 4.78 is 25.2. The Morgan fingerprint density at radius 1 is 1.19 bits per heavy atom. The van der Waals surface area contributed by atoms with Crippen LogP contribution in [0.3, 0.4) is 0 Å². The molecule has 2 aromatic rings. The zero-order valence-electron chi connectivity index (χ0n) is 14.7. The second-order valence-corrected chi connectivity index (χ2v) is 10.7. The molecule has 26 heavy (non-hydrogen) atoms. The van der Waals surface area contributed by atoms with E-state index in [0.29, 0.717) is 21.0 Å². The van der Waals surface area contributed by atoms with Gasteiger partial charge in [-0.05, 0) is 56.9 Å². The fourth-order valence-electron chi connectivity index (χ4n) is 4.04. The molecule has 0 spiro atoms. The van der Waals surface area contributed by atoms with Crippen LogP contribution in [0, 0.1) is 0 Å². The lowest BCUT2D eigenvalue weighted by Crippen LogP contribution is -2.47. The minimum absolute atomic E-state index is 0.0111. The number of piperidine rings is 1. The first kappa shape index (κ1) is 18.0. The van der Waals surface area contributed by atoms with Gasteiger partial charge in [-0.15, -0.1) is 11.3 Å². The minimum atomic E-state index is -3.44. The lowest BCUT2D eigenvalue weighted by molar-refractivity contribution is 0.0516. The van der Waals surface area contributed by atoms with E-state index in [-0.39, 0.29) is 28.6 Å². The molecule has 2 aliphatic rings. The van der Waals surface area contributed by atoms with Crippen molar-refractivity contribution in [1.82, 2.24) is 4.90 Å². The highest BCUT2D eigenvalue weighted by atomic mass is 35.5. The maximum Gasteiger partial charge on any atom is 0.264 e. The molecule has 7 heteroatoms. The van der Waals surface area contributed by atoms with Gasteiger partial charge in [-0.25, -0.2) is 8.42 Å². The van der Waals surface area contributed by atoms with Crippen LogP contribution in [0.5, 0.6) is 0 Å². The van der Waals surface area contributed by atoms with Crippen LogP contribution in [0.4, 0.5) is 0 Å². The van der Waals surface area contributed by atoms with E-state index < -0.39 is 9.84 Å².